The van der Waals surface area contributed by atoms with Crippen LogP contribution in [-0.4, -0.2) is 37.7 Å². The molecular formula is C14H17ClN2O2. The molecule has 0 heterocycles. The average molecular weight is 281 g/mol. The van der Waals surface area contributed by atoms with Gasteiger partial charge in [0.2, 0.25) is 0 Å². The molecule has 0 aliphatic carbocycles. The van der Waals surface area contributed by atoms with E-state index >= 15 is 0 Å². The molecule has 4 nitrogen and oxygen atoms in total. The van der Waals surface area contributed by atoms with Crippen LogP contribution in [0.4, 0.5) is 5.69 Å². The number of hydrogen-bond donors (Lipinski definition) is 0. The fourth-order valence-corrected chi connectivity index (χ4v) is 1.75. The van der Waals surface area contributed by atoms with E-state index in [2.05, 4.69) is 0 Å². The van der Waals surface area contributed by atoms with Crippen molar-refractivity contribution < 1.29 is 9.59 Å². The molecule has 0 fully saturated rings. The van der Waals surface area contributed by atoms with Gasteiger partial charge in [0, 0.05) is 26.3 Å². The second-order valence-electron chi connectivity index (χ2n) is 4.10. The van der Waals surface area contributed by atoms with Crippen molar-refractivity contribution in [2.75, 3.05) is 25.5 Å². The molecule has 1 aromatic rings. The topological polar surface area (TPSA) is 40.6 Å². The number of aldehydes is 1. The van der Waals surface area contributed by atoms with Gasteiger partial charge in [-0.15, -0.1) is 0 Å². The van der Waals surface area contributed by atoms with Gasteiger partial charge in [0.25, 0.3) is 5.91 Å². The van der Waals surface area contributed by atoms with Gasteiger partial charge in [-0.3, -0.25) is 9.59 Å². The summed E-state index contributed by atoms with van der Waals surface area (Å²) in [6.45, 7) is 2.30. The lowest BCUT2D eigenvalue weighted by atomic mass is 10.2. The highest BCUT2D eigenvalue weighted by Gasteiger charge is 2.21. The van der Waals surface area contributed by atoms with Crippen LogP contribution in [-0.2, 0) is 9.59 Å². The number of halogens is 1. The van der Waals surface area contributed by atoms with E-state index < -0.39 is 5.91 Å². The molecule has 0 spiro atoms. The molecule has 1 amide bonds. The fraction of sp³-hybridized carbons (Fsp3) is 0.286. The van der Waals surface area contributed by atoms with Gasteiger partial charge in [0.05, 0.1) is 0 Å². The molecule has 0 unspecified atom stereocenters. The third kappa shape index (κ3) is 3.58. The van der Waals surface area contributed by atoms with Crippen LogP contribution in [0.1, 0.15) is 6.92 Å². The highest BCUT2D eigenvalue weighted by atomic mass is 35.5. The third-order valence-corrected chi connectivity index (χ3v) is 3.13. The van der Waals surface area contributed by atoms with Crippen molar-refractivity contribution in [3.05, 3.63) is 41.1 Å². The Morgan fingerprint density at radius 1 is 1.26 bits per heavy atom. The van der Waals surface area contributed by atoms with E-state index in [0.717, 1.165) is 5.69 Å². The summed E-state index contributed by atoms with van der Waals surface area (Å²) in [4.78, 5) is 26.5. The Labute approximate surface area is 118 Å². The maximum absolute atomic E-state index is 12.4. The maximum atomic E-state index is 12.4. The summed E-state index contributed by atoms with van der Waals surface area (Å²) >= 11 is 5.99. The summed E-state index contributed by atoms with van der Waals surface area (Å²) in [5, 5.41) is 0.134. The Kier molecular flexibility index (Phi) is 5.57. The number of amides is 1. The maximum Gasteiger partial charge on any atom is 0.264 e. The second-order valence-corrected chi connectivity index (χ2v) is 4.46. The van der Waals surface area contributed by atoms with E-state index in [-0.39, 0.29) is 10.7 Å². The number of rotatable bonds is 5. The molecule has 0 aliphatic rings. The van der Waals surface area contributed by atoms with E-state index in [4.69, 9.17) is 11.6 Å². The third-order valence-electron chi connectivity index (χ3n) is 2.59. The van der Waals surface area contributed by atoms with Gasteiger partial charge in [-0.25, -0.2) is 0 Å². The lowest BCUT2D eigenvalue weighted by Gasteiger charge is -2.22. The van der Waals surface area contributed by atoms with Crippen LogP contribution in [0.2, 0.25) is 0 Å². The molecule has 0 saturated heterocycles. The predicted octanol–water partition coefficient (Wildman–Crippen LogP) is 2.25. The second kappa shape index (κ2) is 6.95. The Morgan fingerprint density at radius 3 is 2.26 bits per heavy atom. The molecule has 0 aromatic heterocycles. The van der Waals surface area contributed by atoms with Crippen LogP contribution in [0.3, 0.4) is 0 Å². The van der Waals surface area contributed by atoms with Crippen LogP contribution in [0.15, 0.2) is 41.1 Å². The van der Waals surface area contributed by atoms with Gasteiger partial charge in [-0.1, -0.05) is 29.8 Å². The smallest absolute Gasteiger partial charge is 0.264 e. The number of nitrogens with zero attached hydrogens (tertiary/aromatic N) is 2. The molecule has 0 N–H and O–H groups in total. The van der Waals surface area contributed by atoms with Gasteiger partial charge in [0.15, 0.2) is 6.29 Å². The minimum atomic E-state index is -0.401. The van der Waals surface area contributed by atoms with Gasteiger partial charge in [-0.05, 0) is 19.1 Å². The monoisotopic (exact) mass is 280 g/mol. The molecule has 0 saturated carbocycles. The zero-order chi connectivity index (χ0) is 14.4. The first-order chi connectivity index (χ1) is 9.02. The number of carbonyl (C=O) groups is 2. The Balaban J connectivity index is 3.16. The number of benzene rings is 1. The van der Waals surface area contributed by atoms with Crippen molar-refractivity contribution in [3.8, 4) is 0 Å². The molecular weight excluding hydrogens is 264 g/mol. The van der Waals surface area contributed by atoms with E-state index in [0.29, 0.717) is 12.8 Å². The van der Waals surface area contributed by atoms with Crippen LogP contribution < -0.4 is 4.90 Å². The number of likely N-dealkylation sites (N-methyl/N-ethyl adjacent to an activating group) is 1. The average Bonchev–Trinajstić information content (AvgIpc) is 2.41. The van der Waals surface area contributed by atoms with Gasteiger partial charge in [-0.2, -0.15) is 0 Å². The van der Waals surface area contributed by atoms with Crippen molar-refractivity contribution in [2.45, 2.75) is 6.92 Å². The number of hydrogen-bond acceptors (Lipinski definition) is 3. The van der Waals surface area contributed by atoms with E-state index in [1.165, 1.54) is 9.80 Å². The lowest BCUT2D eigenvalue weighted by Crippen LogP contribution is -2.33. The largest absolute Gasteiger partial charge is 0.368 e. The number of para-hydroxylation sites is 1. The predicted molar refractivity (Wildman–Crippen MR) is 77.1 cm³/mol. The zero-order valence-corrected chi connectivity index (χ0v) is 12.0. The highest BCUT2D eigenvalue weighted by molar-refractivity contribution is 6.35. The summed E-state index contributed by atoms with van der Waals surface area (Å²) in [5.41, 5.74) is 0.690. The summed E-state index contributed by atoms with van der Waals surface area (Å²) in [6.07, 6.45) is 0.496. The van der Waals surface area contributed by atoms with Gasteiger partial charge < -0.3 is 9.80 Å². The molecule has 102 valence electrons. The molecule has 19 heavy (non-hydrogen) atoms. The molecule has 0 aliphatic heterocycles. The Bertz CT molecular complexity index is 483. The van der Waals surface area contributed by atoms with Crippen molar-refractivity contribution in [2.24, 2.45) is 0 Å². The summed E-state index contributed by atoms with van der Waals surface area (Å²) < 4.78 is 0. The van der Waals surface area contributed by atoms with Crippen LogP contribution in [0.5, 0.6) is 0 Å². The standard InChI is InChI=1S/C14H17ClN2O2/c1-4-17(11-8-6-5-7-9-11)14(19)12(10-18)13(15)16(2)3/h5-10H,4H2,1-3H3/b13-12+. The SMILES string of the molecule is CCN(C(=O)/C(C=O)=C(\Cl)N(C)C)c1ccccc1. The number of anilines is 1. The minimum Gasteiger partial charge on any atom is -0.368 e. The molecule has 0 radical (unpaired) electrons. The summed E-state index contributed by atoms with van der Waals surface area (Å²) in [6, 6.07) is 9.16. The van der Waals surface area contributed by atoms with Crippen LogP contribution >= 0.6 is 11.6 Å². The molecule has 1 aromatic carbocycles. The molecule has 0 atom stereocenters. The van der Waals surface area contributed by atoms with E-state index in [1.807, 2.05) is 37.3 Å². The molecule has 1 rings (SSSR count). The van der Waals surface area contributed by atoms with Crippen molar-refractivity contribution in [3.63, 3.8) is 0 Å². The van der Waals surface area contributed by atoms with E-state index in [1.54, 1.807) is 14.1 Å². The van der Waals surface area contributed by atoms with Gasteiger partial charge in [0.1, 0.15) is 10.7 Å². The molecule has 5 heteroatoms. The Hall–Kier alpha value is -1.81. The lowest BCUT2D eigenvalue weighted by molar-refractivity contribution is -0.117. The fourth-order valence-electron chi connectivity index (χ4n) is 1.62. The highest BCUT2D eigenvalue weighted by Crippen LogP contribution is 2.19. The van der Waals surface area contributed by atoms with Crippen molar-refractivity contribution >= 4 is 29.5 Å². The number of carbonyl (C=O) groups excluding carboxylic acids is 2. The van der Waals surface area contributed by atoms with Crippen molar-refractivity contribution in [1.29, 1.82) is 0 Å². The van der Waals surface area contributed by atoms with E-state index in [9.17, 15) is 9.59 Å². The minimum absolute atomic E-state index is 0.0441. The quantitative estimate of drug-likeness (QED) is 0.273. The first-order valence-electron chi connectivity index (χ1n) is 5.92. The first kappa shape index (κ1) is 15.2. The van der Waals surface area contributed by atoms with Crippen LogP contribution in [0, 0.1) is 0 Å². The normalized spacial score (nSPS) is 11.6. The summed E-state index contributed by atoms with van der Waals surface area (Å²) in [7, 11) is 3.36. The summed E-state index contributed by atoms with van der Waals surface area (Å²) in [5.74, 6) is -0.401. The Morgan fingerprint density at radius 2 is 1.84 bits per heavy atom. The zero-order valence-electron chi connectivity index (χ0n) is 11.3. The molecule has 0 bridgehead atoms. The van der Waals surface area contributed by atoms with Crippen LogP contribution in [0.25, 0.3) is 0 Å². The van der Waals surface area contributed by atoms with Crippen molar-refractivity contribution in [1.82, 2.24) is 4.90 Å². The van der Waals surface area contributed by atoms with Gasteiger partial charge >= 0.3 is 0 Å². The first-order valence-corrected chi connectivity index (χ1v) is 6.29.